The van der Waals surface area contributed by atoms with E-state index in [9.17, 15) is 22.4 Å². The molecule has 0 bridgehead atoms. The van der Waals surface area contributed by atoms with E-state index in [4.69, 9.17) is 5.11 Å². The zero-order valence-electron chi connectivity index (χ0n) is 9.33. The van der Waals surface area contributed by atoms with Crippen LogP contribution in [-0.4, -0.2) is 16.1 Å². The molecule has 1 N–H and O–H groups in total. The molecule has 0 saturated heterocycles. The lowest BCUT2D eigenvalue weighted by Crippen LogP contribution is -2.11. The number of rotatable bonds is 2. The van der Waals surface area contributed by atoms with E-state index < -0.39 is 28.5 Å². The Kier molecular flexibility index (Phi) is 3.83. The number of alkyl halides is 3. The van der Waals surface area contributed by atoms with Crippen LogP contribution >= 0.6 is 27.3 Å². The number of hydrogen-bond acceptors (Lipinski definition) is 3. The van der Waals surface area contributed by atoms with Crippen molar-refractivity contribution in [3.63, 3.8) is 0 Å². The van der Waals surface area contributed by atoms with Crippen LogP contribution in [0.2, 0.25) is 0 Å². The maximum Gasteiger partial charge on any atom is 0.435 e. The summed E-state index contributed by atoms with van der Waals surface area (Å²) in [7, 11) is 0. The van der Waals surface area contributed by atoms with Gasteiger partial charge in [0, 0.05) is 10.0 Å². The minimum Gasteiger partial charge on any atom is -0.477 e. The third-order valence-electron chi connectivity index (χ3n) is 2.25. The Morgan fingerprint density at radius 3 is 2.50 bits per heavy atom. The molecule has 1 aromatic heterocycles. The van der Waals surface area contributed by atoms with E-state index in [1.807, 2.05) is 0 Å². The molecule has 0 aliphatic carbocycles. The molecule has 1 heterocycles. The summed E-state index contributed by atoms with van der Waals surface area (Å²) >= 11 is 3.34. The number of carboxylic acid groups (broad SMARTS) is 1. The number of aromatic carboxylic acids is 1. The summed E-state index contributed by atoms with van der Waals surface area (Å²) in [6, 6.07) is 3.66. The Bertz CT molecular complexity index is 684. The average molecular weight is 370 g/mol. The summed E-state index contributed by atoms with van der Waals surface area (Å²) in [6.45, 7) is 0. The normalized spacial score (nSPS) is 11.7. The second-order valence-corrected chi connectivity index (χ2v) is 5.54. The molecule has 1 aromatic carbocycles. The van der Waals surface area contributed by atoms with Gasteiger partial charge in [0.25, 0.3) is 0 Å². The van der Waals surface area contributed by atoms with Gasteiger partial charge in [-0.05, 0) is 18.2 Å². The van der Waals surface area contributed by atoms with Crippen molar-refractivity contribution in [2.75, 3.05) is 0 Å². The summed E-state index contributed by atoms with van der Waals surface area (Å²) in [5.74, 6) is -2.54. The van der Waals surface area contributed by atoms with Crippen molar-refractivity contribution in [2.24, 2.45) is 0 Å². The van der Waals surface area contributed by atoms with Crippen molar-refractivity contribution < 1.29 is 27.5 Å². The number of thiazole rings is 1. The first kappa shape index (κ1) is 14.9. The highest BCUT2D eigenvalue weighted by Gasteiger charge is 2.40. The third-order valence-corrected chi connectivity index (χ3v) is 3.82. The van der Waals surface area contributed by atoms with Crippen LogP contribution in [0.4, 0.5) is 17.6 Å². The van der Waals surface area contributed by atoms with Gasteiger partial charge in [0.1, 0.15) is 15.7 Å². The number of hydrogen-bond donors (Lipinski definition) is 1. The Labute approximate surface area is 122 Å². The van der Waals surface area contributed by atoms with E-state index in [2.05, 4.69) is 20.9 Å². The van der Waals surface area contributed by atoms with Crippen molar-refractivity contribution in [2.45, 2.75) is 6.18 Å². The lowest BCUT2D eigenvalue weighted by molar-refractivity contribution is -0.141. The number of nitrogens with zero attached hydrogens (tertiary/aromatic N) is 1. The van der Waals surface area contributed by atoms with Gasteiger partial charge in [0.05, 0.1) is 0 Å². The maximum atomic E-state index is 13.6. The molecular weight excluding hydrogens is 366 g/mol. The van der Waals surface area contributed by atoms with E-state index in [1.54, 1.807) is 0 Å². The van der Waals surface area contributed by atoms with Crippen LogP contribution in [0.25, 0.3) is 10.6 Å². The molecule has 0 atom stereocenters. The summed E-state index contributed by atoms with van der Waals surface area (Å²) in [5, 5.41) is 8.44. The first-order valence-electron chi connectivity index (χ1n) is 4.97. The van der Waals surface area contributed by atoms with Gasteiger partial charge in [0.2, 0.25) is 0 Å². The lowest BCUT2D eigenvalue weighted by atomic mass is 10.2. The van der Waals surface area contributed by atoms with Gasteiger partial charge >= 0.3 is 12.1 Å². The van der Waals surface area contributed by atoms with Crippen molar-refractivity contribution in [1.29, 1.82) is 0 Å². The van der Waals surface area contributed by atoms with Gasteiger partial charge in [-0.2, -0.15) is 13.2 Å². The second kappa shape index (κ2) is 5.13. The van der Waals surface area contributed by atoms with E-state index in [-0.39, 0.29) is 21.9 Å². The number of carboxylic acids is 1. The first-order chi connectivity index (χ1) is 9.20. The zero-order chi connectivity index (χ0) is 15.1. The molecule has 0 unspecified atom stereocenters. The number of carbonyl (C=O) groups is 1. The van der Waals surface area contributed by atoms with Gasteiger partial charge in [-0.3, -0.25) is 0 Å². The molecule has 0 radical (unpaired) electrons. The van der Waals surface area contributed by atoms with Crippen molar-refractivity contribution >= 4 is 33.2 Å². The monoisotopic (exact) mass is 369 g/mol. The van der Waals surface area contributed by atoms with Crippen LogP contribution in [0.1, 0.15) is 15.4 Å². The van der Waals surface area contributed by atoms with Gasteiger partial charge < -0.3 is 5.11 Å². The fraction of sp³-hybridized carbons (Fsp3) is 0.0909. The largest absolute Gasteiger partial charge is 0.477 e. The Morgan fingerprint density at radius 1 is 1.35 bits per heavy atom. The molecule has 2 rings (SSSR count). The fourth-order valence-corrected chi connectivity index (χ4v) is 2.74. The minimum atomic E-state index is -4.91. The predicted molar refractivity (Wildman–Crippen MR) is 67.2 cm³/mol. The SMILES string of the molecule is O=C(O)c1sc(-c2cc(Br)ccc2F)nc1C(F)(F)F. The van der Waals surface area contributed by atoms with Gasteiger partial charge in [0.15, 0.2) is 5.69 Å². The highest BCUT2D eigenvalue weighted by Crippen LogP contribution is 2.38. The van der Waals surface area contributed by atoms with E-state index in [0.29, 0.717) is 4.47 Å². The molecule has 9 heteroatoms. The maximum absolute atomic E-state index is 13.6. The van der Waals surface area contributed by atoms with Crippen molar-refractivity contribution in [1.82, 2.24) is 4.98 Å². The summed E-state index contributed by atoms with van der Waals surface area (Å²) in [4.78, 5) is 13.1. The van der Waals surface area contributed by atoms with Crippen LogP contribution in [0.15, 0.2) is 22.7 Å². The Morgan fingerprint density at radius 2 is 2.00 bits per heavy atom. The zero-order valence-corrected chi connectivity index (χ0v) is 11.7. The molecule has 0 saturated carbocycles. The molecule has 20 heavy (non-hydrogen) atoms. The first-order valence-corrected chi connectivity index (χ1v) is 6.58. The number of aromatic nitrogens is 1. The van der Waals surface area contributed by atoms with E-state index >= 15 is 0 Å². The molecular formula is C11H4BrF4NO2S. The highest BCUT2D eigenvalue weighted by molar-refractivity contribution is 9.10. The quantitative estimate of drug-likeness (QED) is 0.796. The molecule has 0 fully saturated rings. The standard InChI is InChI=1S/C11H4BrF4NO2S/c12-4-1-2-6(13)5(3-4)9-17-8(11(14,15)16)7(20-9)10(18)19/h1-3H,(H,18,19). The second-order valence-electron chi connectivity index (χ2n) is 3.62. The van der Waals surface area contributed by atoms with Gasteiger partial charge in [-0.15, -0.1) is 11.3 Å². The Balaban J connectivity index is 2.65. The number of benzene rings is 1. The van der Waals surface area contributed by atoms with Crippen LogP contribution in [0.5, 0.6) is 0 Å². The summed E-state index contributed by atoms with van der Waals surface area (Å²) < 4.78 is 52.1. The lowest BCUT2D eigenvalue weighted by Gasteiger charge is -2.02. The van der Waals surface area contributed by atoms with Crippen molar-refractivity contribution in [3.8, 4) is 10.6 Å². The van der Waals surface area contributed by atoms with Crippen LogP contribution < -0.4 is 0 Å². The highest BCUT2D eigenvalue weighted by atomic mass is 79.9. The topological polar surface area (TPSA) is 50.2 Å². The van der Waals surface area contributed by atoms with Crippen LogP contribution in [0.3, 0.4) is 0 Å². The summed E-state index contributed by atoms with van der Waals surface area (Å²) in [5.41, 5.74) is -1.72. The minimum absolute atomic E-state index is 0.192. The van der Waals surface area contributed by atoms with Crippen LogP contribution in [-0.2, 0) is 6.18 Å². The molecule has 106 valence electrons. The smallest absolute Gasteiger partial charge is 0.435 e. The summed E-state index contributed by atoms with van der Waals surface area (Å²) in [6.07, 6.45) is -4.91. The molecule has 2 aromatic rings. The molecule has 3 nitrogen and oxygen atoms in total. The molecule has 0 aliphatic rings. The molecule has 0 aliphatic heterocycles. The Hall–Kier alpha value is -1.48. The van der Waals surface area contributed by atoms with Gasteiger partial charge in [-0.1, -0.05) is 15.9 Å². The van der Waals surface area contributed by atoms with Crippen LogP contribution in [0, 0.1) is 5.82 Å². The fourth-order valence-electron chi connectivity index (χ4n) is 1.43. The molecule has 0 amide bonds. The number of halogens is 5. The molecule has 0 spiro atoms. The van der Waals surface area contributed by atoms with Crippen molar-refractivity contribution in [3.05, 3.63) is 39.1 Å². The average Bonchev–Trinajstić information content (AvgIpc) is 2.77. The van der Waals surface area contributed by atoms with E-state index in [0.717, 1.165) is 6.07 Å². The van der Waals surface area contributed by atoms with E-state index in [1.165, 1.54) is 12.1 Å². The predicted octanol–water partition coefficient (Wildman–Crippen LogP) is 4.43. The van der Waals surface area contributed by atoms with Gasteiger partial charge in [-0.25, -0.2) is 14.2 Å². The third kappa shape index (κ3) is 2.83.